The van der Waals surface area contributed by atoms with E-state index in [0.717, 1.165) is 11.3 Å². The molecular weight excluding hydrogens is 274 g/mol. The number of halogens is 1. The quantitative estimate of drug-likeness (QED) is 0.865. The fraction of sp³-hybridized carbons (Fsp3) is 0.571. The van der Waals surface area contributed by atoms with Crippen LogP contribution in [0.2, 0.25) is 4.47 Å². The zero-order valence-corrected chi connectivity index (χ0v) is 10.6. The van der Waals surface area contributed by atoms with E-state index in [1.54, 1.807) is 5.01 Å². The number of nitrogens with zero attached hydrogens (tertiary/aromatic N) is 2. The topological polar surface area (TPSA) is 71.5 Å². The molecule has 2 heterocycles. The number of nitrogens with one attached hydrogen (secondary N) is 1. The van der Waals surface area contributed by atoms with Gasteiger partial charge in [-0.25, -0.2) is 18.4 Å². The lowest BCUT2D eigenvalue weighted by Crippen LogP contribution is -2.48. The van der Waals surface area contributed by atoms with Gasteiger partial charge in [-0.2, -0.15) is 0 Å². The van der Waals surface area contributed by atoms with Crippen molar-refractivity contribution in [3.63, 3.8) is 0 Å². The minimum atomic E-state index is -3.55. The minimum absolute atomic E-state index is 0.115. The molecule has 6 nitrogen and oxygen atoms in total. The van der Waals surface area contributed by atoms with Crippen molar-refractivity contribution in [3.05, 3.63) is 10.7 Å². The third kappa shape index (κ3) is 2.90. The second-order valence-corrected chi connectivity index (χ2v) is 6.63. The number of morpholine rings is 1. The second kappa shape index (κ2) is 4.94. The lowest BCUT2D eigenvalue weighted by molar-refractivity contribution is 0.0272. The van der Waals surface area contributed by atoms with Crippen LogP contribution in [-0.2, 0) is 14.8 Å². The third-order valence-corrected chi connectivity index (χ3v) is 4.93. The van der Waals surface area contributed by atoms with E-state index in [1.807, 2.05) is 0 Å². The SMILES string of the molecule is O=S(=O)(NN1CCOCC1)c1cnc(Cl)s1. The molecule has 0 bridgehead atoms. The van der Waals surface area contributed by atoms with Gasteiger partial charge in [-0.3, -0.25) is 0 Å². The minimum Gasteiger partial charge on any atom is -0.379 e. The Bertz CT molecular complexity index is 455. The van der Waals surface area contributed by atoms with Crippen LogP contribution >= 0.6 is 22.9 Å². The van der Waals surface area contributed by atoms with Gasteiger partial charge in [-0.05, 0) is 0 Å². The van der Waals surface area contributed by atoms with E-state index in [1.165, 1.54) is 6.20 Å². The molecule has 0 aromatic carbocycles. The maximum Gasteiger partial charge on any atom is 0.264 e. The van der Waals surface area contributed by atoms with Gasteiger partial charge in [0.25, 0.3) is 10.0 Å². The Morgan fingerprint density at radius 3 is 2.75 bits per heavy atom. The molecule has 16 heavy (non-hydrogen) atoms. The second-order valence-electron chi connectivity index (χ2n) is 3.13. The Balaban J connectivity index is 2.07. The Labute approximate surface area is 102 Å². The summed E-state index contributed by atoms with van der Waals surface area (Å²) < 4.78 is 29.1. The molecule has 0 radical (unpaired) electrons. The van der Waals surface area contributed by atoms with E-state index in [4.69, 9.17) is 16.3 Å². The molecule has 9 heteroatoms. The molecule has 1 saturated heterocycles. The summed E-state index contributed by atoms with van der Waals surface area (Å²) in [5.74, 6) is 0. The first-order chi connectivity index (χ1) is 7.58. The molecular formula is C7H10ClN3O3S2. The summed E-state index contributed by atoms with van der Waals surface area (Å²) in [6.45, 7) is 2.11. The van der Waals surface area contributed by atoms with Gasteiger partial charge in [-0.15, -0.1) is 4.83 Å². The van der Waals surface area contributed by atoms with Crippen LogP contribution in [0, 0.1) is 0 Å². The van der Waals surface area contributed by atoms with E-state index >= 15 is 0 Å². The van der Waals surface area contributed by atoms with E-state index in [-0.39, 0.29) is 8.68 Å². The molecule has 0 aliphatic carbocycles. The van der Waals surface area contributed by atoms with Gasteiger partial charge in [0.15, 0.2) is 8.68 Å². The van der Waals surface area contributed by atoms with Gasteiger partial charge in [0.2, 0.25) is 0 Å². The number of rotatable bonds is 3. The van der Waals surface area contributed by atoms with Crippen molar-refractivity contribution in [3.8, 4) is 0 Å². The maximum absolute atomic E-state index is 11.8. The molecule has 0 unspecified atom stereocenters. The maximum atomic E-state index is 11.8. The molecule has 90 valence electrons. The third-order valence-electron chi connectivity index (χ3n) is 1.98. The Morgan fingerprint density at radius 2 is 2.19 bits per heavy atom. The number of hydrogen-bond acceptors (Lipinski definition) is 6. The molecule has 1 N–H and O–H groups in total. The van der Waals surface area contributed by atoms with Crippen molar-refractivity contribution in [2.75, 3.05) is 26.3 Å². The zero-order chi connectivity index (χ0) is 11.6. The van der Waals surface area contributed by atoms with Crippen LogP contribution in [0.4, 0.5) is 0 Å². The van der Waals surface area contributed by atoms with Gasteiger partial charge >= 0.3 is 0 Å². The standard InChI is InChI=1S/C7H10ClN3O3S2/c8-7-9-5-6(15-7)16(12,13)10-11-1-3-14-4-2-11/h5,10H,1-4H2. The molecule has 1 aromatic heterocycles. The summed E-state index contributed by atoms with van der Waals surface area (Å²) in [5.41, 5.74) is 0. The summed E-state index contributed by atoms with van der Waals surface area (Å²) >= 11 is 6.52. The largest absolute Gasteiger partial charge is 0.379 e. The Morgan fingerprint density at radius 1 is 1.50 bits per heavy atom. The number of sulfonamides is 1. The molecule has 0 spiro atoms. The zero-order valence-electron chi connectivity index (χ0n) is 8.22. The molecule has 0 amide bonds. The first-order valence-corrected chi connectivity index (χ1v) is 7.22. The van der Waals surface area contributed by atoms with Crippen LogP contribution in [-0.4, -0.2) is 44.7 Å². The summed E-state index contributed by atoms with van der Waals surface area (Å²) in [6, 6.07) is 0. The molecule has 0 atom stereocenters. The summed E-state index contributed by atoms with van der Waals surface area (Å²) in [4.78, 5) is 6.16. The predicted molar refractivity (Wildman–Crippen MR) is 59.8 cm³/mol. The lowest BCUT2D eigenvalue weighted by atomic mass is 10.5. The van der Waals surface area contributed by atoms with Crippen molar-refractivity contribution >= 4 is 33.0 Å². The van der Waals surface area contributed by atoms with E-state index < -0.39 is 10.0 Å². The van der Waals surface area contributed by atoms with Crippen molar-refractivity contribution in [1.29, 1.82) is 0 Å². The highest BCUT2D eigenvalue weighted by Gasteiger charge is 2.22. The van der Waals surface area contributed by atoms with Crippen LogP contribution in [0.3, 0.4) is 0 Å². The van der Waals surface area contributed by atoms with E-state index in [9.17, 15) is 8.42 Å². The summed E-state index contributed by atoms with van der Waals surface area (Å²) in [5, 5.41) is 1.60. The smallest absolute Gasteiger partial charge is 0.264 e. The Kier molecular flexibility index (Phi) is 3.77. The Hall–Kier alpha value is -0.250. The summed E-state index contributed by atoms with van der Waals surface area (Å²) in [7, 11) is -3.55. The van der Waals surface area contributed by atoms with Crippen LogP contribution in [0.5, 0.6) is 0 Å². The summed E-state index contributed by atoms with van der Waals surface area (Å²) in [6.07, 6.45) is 1.25. The monoisotopic (exact) mass is 283 g/mol. The van der Waals surface area contributed by atoms with Crippen LogP contribution in [0.25, 0.3) is 0 Å². The number of ether oxygens (including phenoxy) is 1. The molecule has 2 rings (SSSR count). The number of hydrogen-bond donors (Lipinski definition) is 1. The van der Waals surface area contributed by atoms with Crippen molar-refractivity contribution in [1.82, 2.24) is 14.8 Å². The van der Waals surface area contributed by atoms with Crippen molar-refractivity contribution < 1.29 is 13.2 Å². The van der Waals surface area contributed by atoms with Crippen molar-refractivity contribution in [2.45, 2.75) is 4.21 Å². The van der Waals surface area contributed by atoms with Gasteiger partial charge in [0.05, 0.1) is 19.4 Å². The first-order valence-electron chi connectivity index (χ1n) is 4.54. The number of hydrazine groups is 1. The molecule has 1 aromatic rings. The van der Waals surface area contributed by atoms with E-state index in [0.29, 0.717) is 26.3 Å². The molecule has 1 fully saturated rings. The first kappa shape index (κ1) is 12.2. The highest BCUT2D eigenvalue weighted by molar-refractivity contribution is 7.91. The molecule has 1 aliphatic rings. The fourth-order valence-electron chi connectivity index (χ4n) is 1.23. The normalized spacial score (nSPS) is 18.8. The number of thiazole rings is 1. The van der Waals surface area contributed by atoms with Gasteiger partial charge < -0.3 is 4.74 Å². The van der Waals surface area contributed by atoms with Crippen molar-refractivity contribution in [2.24, 2.45) is 0 Å². The van der Waals surface area contributed by atoms with E-state index in [2.05, 4.69) is 9.82 Å². The molecule has 1 aliphatic heterocycles. The van der Waals surface area contributed by atoms with Gasteiger partial charge in [-0.1, -0.05) is 22.9 Å². The van der Waals surface area contributed by atoms with Crippen LogP contribution in [0.15, 0.2) is 10.4 Å². The van der Waals surface area contributed by atoms with Crippen LogP contribution < -0.4 is 4.83 Å². The fourth-order valence-corrected chi connectivity index (χ4v) is 3.64. The lowest BCUT2D eigenvalue weighted by Gasteiger charge is -2.26. The van der Waals surface area contributed by atoms with Gasteiger partial charge in [0.1, 0.15) is 0 Å². The highest BCUT2D eigenvalue weighted by Crippen LogP contribution is 2.22. The van der Waals surface area contributed by atoms with Crippen LogP contribution in [0.1, 0.15) is 0 Å². The van der Waals surface area contributed by atoms with Gasteiger partial charge in [0, 0.05) is 13.1 Å². The average Bonchev–Trinajstić information content (AvgIpc) is 2.66. The molecule has 0 saturated carbocycles. The highest BCUT2D eigenvalue weighted by atomic mass is 35.5. The average molecular weight is 284 g/mol. The predicted octanol–water partition coefficient (Wildman–Crippen LogP) is 0.322. The number of aromatic nitrogens is 1.